The van der Waals surface area contributed by atoms with Crippen LogP contribution in [0.4, 0.5) is 4.39 Å². The molecule has 0 aromatic heterocycles. The third kappa shape index (κ3) is 7.31. The molecule has 11 heavy (non-hydrogen) atoms. The average Bonchev–Trinajstić information content (AvgIpc) is 1.99. The Morgan fingerprint density at radius 1 is 1.36 bits per heavy atom. The molecule has 0 aromatic rings. The molecule has 0 rings (SSSR count). The topological polar surface area (TPSA) is 0 Å². The molecule has 0 amide bonds. The molecule has 0 nitrogen and oxygen atoms in total. The Bertz CT molecular complexity index is 134. The fraction of sp³-hybridized carbons (Fsp3) is 0.600. The maximum Gasteiger partial charge on any atom is 0.0869 e. The minimum Gasteiger partial charge on any atom is -0.216 e. The number of rotatable bonds is 5. The molecule has 0 bridgehead atoms. The van der Waals surface area contributed by atoms with Crippen LogP contribution in [0.25, 0.3) is 0 Å². The van der Waals surface area contributed by atoms with Crippen LogP contribution in [-0.4, -0.2) is 0 Å². The fourth-order valence-electron chi connectivity index (χ4n) is 0.891. The zero-order chi connectivity index (χ0) is 8.53. The van der Waals surface area contributed by atoms with E-state index in [0.717, 1.165) is 12.0 Å². The van der Waals surface area contributed by atoms with Gasteiger partial charge in [-0.2, -0.15) is 0 Å². The number of hydrogen-bond donors (Lipinski definition) is 0. The van der Waals surface area contributed by atoms with Gasteiger partial charge in [-0.1, -0.05) is 31.4 Å². The van der Waals surface area contributed by atoms with Crippen molar-refractivity contribution >= 4 is 0 Å². The molecule has 0 aromatic carbocycles. The molecule has 0 spiro atoms. The minimum absolute atomic E-state index is 0.589. The highest BCUT2D eigenvalue weighted by Gasteiger charge is 1.83. The lowest BCUT2D eigenvalue weighted by atomic mass is 10.1. The Morgan fingerprint density at radius 2 is 2.09 bits per heavy atom. The third-order valence-corrected chi connectivity index (χ3v) is 1.60. The van der Waals surface area contributed by atoms with E-state index < -0.39 is 0 Å². The molecule has 0 aliphatic rings. The van der Waals surface area contributed by atoms with E-state index in [1.165, 1.54) is 25.3 Å². The molecule has 0 unspecified atom stereocenters. The van der Waals surface area contributed by atoms with Crippen LogP contribution >= 0.6 is 0 Å². The number of halogens is 1. The quantitative estimate of drug-likeness (QED) is 0.417. The first kappa shape index (κ1) is 10.4. The third-order valence-electron chi connectivity index (χ3n) is 1.60. The standard InChI is InChI=1S/C10H17F/c1-3-4-5-6-7-10(2)8-9-11/h7-9H,3-6H2,1-2H3/b9-8-,10-7-. The second-order valence-electron chi connectivity index (χ2n) is 2.74. The van der Waals surface area contributed by atoms with E-state index in [1.54, 1.807) is 0 Å². The first-order valence-electron chi connectivity index (χ1n) is 4.24. The van der Waals surface area contributed by atoms with Crippen LogP contribution in [0, 0.1) is 0 Å². The summed E-state index contributed by atoms with van der Waals surface area (Å²) in [6.45, 7) is 4.10. The summed E-state index contributed by atoms with van der Waals surface area (Å²) in [4.78, 5) is 0. The molecule has 0 aliphatic carbocycles. The molecule has 0 fully saturated rings. The van der Waals surface area contributed by atoms with Crippen molar-refractivity contribution in [1.82, 2.24) is 0 Å². The minimum atomic E-state index is 0.589. The van der Waals surface area contributed by atoms with Gasteiger partial charge in [0.25, 0.3) is 0 Å². The van der Waals surface area contributed by atoms with Gasteiger partial charge in [0.15, 0.2) is 0 Å². The van der Waals surface area contributed by atoms with Crippen molar-refractivity contribution in [1.29, 1.82) is 0 Å². The van der Waals surface area contributed by atoms with Crippen LogP contribution in [0.1, 0.15) is 39.5 Å². The van der Waals surface area contributed by atoms with Crippen LogP contribution in [0.3, 0.4) is 0 Å². The number of unbranched alkanes of at least 4 members (excludes halogenated alkanes) is 3. The predicted molar refractivity (Wildman–Crippen MR) is 48.1 cm³/mol. The van der Waals surface area contributed by atoms with Crippen molar-refractivity contribution < 1.29 is 4.39 Å². The summed E-state index contributed by atoms with van der Waals surface area (Å²) in [5.41, 5.74) is 1.02. The van der Waals surface area contributed by atoms with Crippen LogP contribution in [0.5, 0.6) is 0 Å². The Hall–Kier alpha value is -0.590. The number of allylic oxidation sites excluding steroid dienone is 3. The maximum absolute atomic E-state index is 11.6. The molecule has 0 N–H and O–H groups in total. The smallest absolute Gasteiger partial charge is 0.0869 e. The Labute approximate surface area is 68.8 Å². The van der Waals surface area contributed by atoms with Crippen LogP contribution < -0.4 is 0 Å². The van der Waals surface area contributed by atoms with Crippen LogP contribution in [0.15, 0.2) is 24.1 Å². The average molecular weight is 156 g/mol. The second-order valence-corrected chi connectivity index (χ2v) is 2.74. The molecule has 64 valence electrons. The second kappa shape index (κ2) is 7.52. The van der Waals surface area contributed by atoms with Gasteiger partial charge in [-0.15, -0.1) is 0 Å². The largest absolute Gasteiger partial charge is 0.216 e. The van der Waals surface area contributed by atoms with Gasteiger partial charge in [0.2, 0.25) is 0 Å². The van der Waals surface area contributed by atoms with Gasteiger partial charge in [0.1, 0.15) is 0 Å². The Morgan fingerprint density at radius 3 is 2.64 bits per heavy atom. The van der Waals surface area contributed by atoms with Gasteiger partial charge in [-0.25, -0.2) is 4.39 Å². The van der Waals surface area contributed by atoms with E-state index in [4.69, 9.17) is 0 Å². The van der Waals surface area contributed by atoms with Crippen molar-refractivity contribution in [3.05, 3.63) is 24.1 Å². The van der Waals surface area contributed by atoms with Crippen molar-refractivity contribution in [2.24, 2.45) is 0 Å². The fourth-order valence-corrected chi connectivity index (χ4v) is 0.891. The van der Waals surface area contributed by atoms with Crippen molar-refractivity contribution in [2.75, 3.05) is 0 Å². The molecule has 0 saturated carbocycles. The summed E-state index contributed by atoms with van der Waals surface area (Å²) in [6.07, 6.45) is 8.95. The lowest BCUT2D eigenvalue weighted by Gasteiger charge is -1.93. The van der Waals surface area contributed by atoms with Gasteiger partial charge in [-0.05, 0) is 25.8 Å². The molecule has 1 heteroatoms. The molecular weight excluding hydrogens is 139 g/mol. The van der Waals surface area contributed by atoms with Gasteiger partial charge in [0, 0.05) is 0 Å². The lowest BCUT2D eigenvalue weighted by Crippen LogP contribution is -1.73. The SMILES string of the molecule is CCCCC/C=C(C)\C=C/F. The summed E-state index contributed by atoms with van der Waals surface area (Å²) >= 11 is 0. The monoisotopic (exact) mass is 156 g/mol. The van der Waals surface area contributed by atoms with Crippen molar-refractivity contribution in [2.45, 2.75) is 39.5 Å². The molecule has 0 heterocycles. The maximum atomic E-state index is 11.6. The Balaban J connectivity index is 3.40. The van der Waals surface area contributed by atoms with Gasteiger partial charge >= 0.3 is 0 Å². The van der Waals surface area contributed by atoms with E-state index in [9.17, 15) is 4.39 Å². The zero-order valence-corrected chi connectivity index (χ0v) is 7.44. The highest BCUT2D eigenvalue weighted by molar-refractivity contribution is 5.13. The van der Waals surface area contributed by atoms with E-state index >= 15 is 0 Å². The first-order chi connectivity index (χ1) is 5.31. The van der Waals surface area contributed by atoms with E-state index in [0.29, 0.717) is 6.33 Å². The predicted octanol–water partition coefficient (Wildman–Crippen LogP) is 4.00. The summed E-state index contributed by atoms with van der Waals surface area (Å²) < 4.78 is 11.6. The normalized spacial score (nSPS) is 12.8. The number of hydrogen-bond acceptors (Lipinski definition) is 0. The molecular formula is C10H17F. The van der Waals surface area contributed by atoms with Crippen LogP contribution in [-0.2, 0) is 0 Å². The van der Waals surface area contributed by atoms with E-state index in [-0.39, 0.29) is 0 Å². The Kier molecular flexibility index (Phi) is 7.11. The van der Waals surface area contributed by atoms with Crippen molar-refractivity contribution in [3.63, 3.8) is 0 Å². The molecule has 0 aliphatic heterocycles. The van der Waals surface area contributed by atoms with Gasteiger partial charge < -0.3 is 0 Å². The van der Waals surface area contributed by atoms with Crippen LogP contribution in [0.2, 0.25) is 0 Å². The van der Waals surface area contributed by atoms with E-state index in [2.05, 4.69) is 13.0 Å². The molecule has 0 saturated heterocycles. The lowest BCUT2D eigenvalue weighted by molar-refractivity contribution is 0.717. The summed E-state index contributed by atoms with van der Waals surface area (Å²) in [6, 6.07) is 0. The zero-order valence-electron chi connectivity index (χ0n) is 7.44. The van der Waals surface area contributed by atoms with Gasteiger partial charge in [-0.3, -0.25) is 0 Å². The van der Waals surface area contributed by atoms with E-state index in [1.807, 2.05) is 6.92 Å². The highest BCUT2D eigenvalue weighted by atomic mass is 19.1. The van der Waals surface area contributed by atoms with Gasteiger partial charge in [0.05, 0.1) is 6.33 Å². The highest BCUT2D eigenvalue weighted by Crippen LogP contribution is 2.03. The molecule has 0 atom stereocenters. The summed E-state index contributed by atoms with van der Waals surface area (Å²) in [5.74, 6) is 0. The summed E-state index contributed by atoms with van der Waals surface area (Å²) in [7, 11) is 0. The summed E-state index contributed by atoms with van der Waals surface area (Å²) in [5, 5.41) is 0. The molecule has 0 radical (unpaired) electrons. The van der Waals surface area contributed by atoms with Crippen molar-refractivity contribution in [3.8, 4) is 0 Å². The first-order valence-corrected chi connectivity index (χ1v) is 4.24.